The Labute approximate surface area is 123 Å². The van der Waals surface area contributed by atoms with Gasteiger partial charge in [-0.1, -0.05) is 0 Å². The molecule has 0 bridgehead atoms. The minimum absolute atomic E-state index is 0.0103. The van der Waals surface area contributed by atoms with Crippen molar-refractivity contribution in [1.29, 1.82) is 0 Å². The van der Waals surface area contributed by atoms with Crippen molar-refractivity contribution in [3.05, 3.63) is 42.2 Å². The topological polar surface area (TPSA) is 56.5 Å². The summed E-state index contributed by atoms with van der Waals surface area (Å²) < 4.78 is 24.5. The summed E-state index contributed by atoms with van der Waals surface area (Å²) in [6.45, 7) is 3.84. The van der Waals surface area contributed by atoms with Gasteiger partial charge in [-0.15, -0.1) is 0 Å². The van der Waals surface area contributed by atoms with Gasteiger partial charge in [-0.2, -0.15) is 0 Å². The molecule has 3 N–H and O–H groups in total. The van der Waals surface area contributed by atoms with Gasteiger partial charge in [-0.3, -0.25) is 0 Å². The molecule has 0 heterocycles. The quantitative estimate of drug-likeness (QED) is 0.819. The van der Waals surface area contributed by atoms with E-state index in [0.29, 0.717) is 28.6 Å². The molecule has 0 aliphatic rings. The molecule has 2 aromatic carbocycles. The number of rotatable bonds is 5. The monoisotopic (exact) mass is 290 g/mol. The van der Waals surface area contributed by atoms with Gasteiger partial charge < -0.3 is 20.5 Å². The molecular formula is C16H19FN2O2. The van der Waals surface area contributed by atoms with Gasteiger partial charge in [0, 0.05) is 17.8 Å². The molecule has 0 fully saturated rings. The summed E-state index contributed by atoms with van der Waals surface area (Å²) in [5, 5.41) is 3.00. The molecule has 0 spiro atoms. The second kappa shape index (κ2) is 6.35. The number of hydrogen-bond donors (Lipinski definition) is 2. The first-order valence-electron chi connectivity index (χ1n) is 6.66. The highest BCUT2D eigenvalue weighted by Crippen LogP contribution is 2.30. The first kappa shape index (κ1) is 15.0. The summed E-state index contributed by atoms with van der Waals surface area (Å²) in [4.78, 5) is 0. The molecular weight excluding hydrogens is 271 g/mol. The SMILES string of the molecule is COc1ccc(F)c(Nc2ccc(N)c(OC(C)C)c2)c1. The zero-order valence-electron chi connectivity index (χ0n) is 12.3. The van der Waals surface area contributed by atoms with Crippen LogP contribution in [0, 0.1) is 5.82 Å². The predicted octanol–water partition coefficient (Wildman–Crippen LogP) is 3.95. The van der Waals surface area contributed by atoms with Crippen LogP contribution in [-0.4, -0.2) is 13.2 Å². The average molecular weight is 290 g/mol. The Morgan fingerprint density at radius 1 is 1.14 bits per heavy atom. The molecule has 0 aromatic heterocycles. The van der Waals surface area contributed by atoms with Crippen LogP contribution in [0.1, 0.15) is 13.8 Å². The molecule has 0 saturated heterocycles. The van der Waals surface area contributed by atoms with Crippen molar-refractivity contribution in [3.8, 4) is 11.5 Å². The summed E-state index contributed by atoms with van der Waals surface area (Å²) in [5.41, 5.74) is 7.42. The minimum atomic E-state index is -0.362. The molecule has 0 atom stereocenters. The molecule has 2 rings (SSSR count). The third-order valence-corrected chi connectivity index (χ3v) is 2.83. The van der Waals surface area contributed by atoms with E-state index < -0.39 is 0 Å². The molecule has 4 nitrogen and oxygen atoms in total. The Morgan fingerprint density at radius 2 is 1.90 bits per heavy atom. The van der Waals surface area contributed by atoms with Gasteiger partial charge in [0.15, 0.2) is 0 Å². The van der Waals surface area contributed by atoms with Gasteiger partial charge in [0.05, 0.1) is 24.6 Å². The van der Waals surface area contributed by atoms with E-state index in [2.05, 4.69) is 5.32 Å². The van der Waals surface area contributed by atoms with Gasteiger partial charge in [-0.25, -0.2) is 4.39 Å². The maximum absolute atomic E-state index is 13.8. The van der Waals surface area contributed by atoms with Crippen LogP contribution in [0.15, 0.2) is 36.4 Å². The van der Waals surface area contributed by atoms with Crippen LogP contribution in [0.25, 0.3) is 0 Å². The second-order valence-corrected chi connectivity index (χ2v) is 4.89. The number of halogens is 1. The number of hydrogen-bond acceptors (Lipinski definition) is 4. The molecule has 2 aromatic rings. The molecule has 0 saturated carbocycles. The summed E-state index contributed by atoms with van der Waals surface area (Å²) in [6, 6.07) is 9.74. The first-order valence-corrected chi connectivity index (χ1v) is 6.66. The Bertz CT molecular complexity index is 630. The van der Waals surface area contributed by atoms with Crippen molar-refractivity contribution in [1.82, 2.24) is 0 Å². The maximum Gasteiger partial charge on any atom is 0.146 e. The first-order chi connectivity index (χ1) is 9.99. The van der Waals surface area contributed by atoms with Crippen LogP contribution in [0.4, 0.5) is 21.5 Å². The standard InChI is InChI=1S/C16H19FN2O2/c1-10(2)21-16-8-11(4-7-14(16)18)19-15-9-12(20-3)5-6-13(15)17/h4-10,19H,18H2,1-3H3. The zero-order chi connectivity index (χ0) is 15.4. The maximum atomic E-state index is 13.8. The van der Waals surface area contributed by atoms with Crippen LogP contribution in [-0.2, 0) is 0 Å². The lowest BCUT2D eigenvalue weighted by Crippen LogP contribution is -2.07. The van der Waals surface area contributed by atoms with E-state index in [1.807, 2.05) is 13.8 Å². The van der Waals surface area contributed by atoms with Crippen molar-refractivity contribution < 1.29 is 13.9 Å². The Hall–Kier alpha value is -2.43. The predicted molar refractivity (Wildman–Crippen MR) is 82.9 cm³/mol. The fourth-order valence-electron chi connectivity index (χ4n) is 1.85. The van der Waals surface area contributed by atoms with Gasteiger partial charge >= 0.3 is 0 Å². The molecule has 0 unspecified atom stereocenters. The number of nitrogen functional groups attached to an aromatic ring is 1. The van der Waals surface area contributed by atoms with Gasteiger partial charge in [-0.05, 0) is 38.1 Å². The number of benzene rings is 2. The Balaban J connectivity index is 2.27. The van der Waals surface area contributed by atoms with E-state index in [4.69, 9.17) is 15.2 Å². The third kappa shape index (κ3) is 3.78. The molecule has 0 aliphatic heterocycles. The highest BCUT2D eigenvalue weighted by Gasteiger charge is 2.08. The van der Waals surface area contributed by atoms with E-state index in [-0.39, 0.29) is 11.9 Å². The van der Waals surface area contributed by atoms with E-state index in [0.717, 1.165) is 0 Å². The summed E-state index contributed by atoms with van der Waals surface area (Å²) in [6.07, 6.45) is 0.0103. The smallest absolute Gasteiger partial charge is 0.146 e. The van der Waals surface area contributed by atoms with Gasteiger partial charge in [0.2, 0.25) is 0 Å². The van der Waals surface area contributed by atoms with Crippen LogP contribution < -0.4 is 20.5 Å². The van der Waals surface area contributed by atoms with Crippen LogP contribution in [0.3, 0.4) is 0 Å². The van der Waals surface area contributed by atoms with Crippen LogP contribution in [0.2, 0.25) is 0 Å². The van der Waals surface area contributed by atoms with E-state index >= 15 is 0 Å². The lowest BCUT2D eigenvalue weighted by molar-refractivity contribution is 0.244. The highest BCUT2D eigenvalue weighted by molar-refractivity contribution is 5.67. The molecule has 21 heavy (non-hydrogen) atoms. The number of anilines is 3. The normalized spacial score (nSPS) is 10.5. The van der Waals surface area contributed by atoms with E-state index in [1.54, 1.807) is 30.3 Å². The number of nitrogens with two attached hydrogens (primary N) is 1. The fraction of sp³-hybridized carbons (Fsp3) is 0.250. The third-order valence-electron chi connectivity index (χ3n) is 2.83. The molecule has 112 valence electrons. The van der Waals surface area contributed by atoms with Crippen LogP contribution in [0.5, 0.6) is 11.5 Å². The Kier molecular flexibility index (Phi) is 4.52. The van der Waals surface area contributed by atoms with Crippen molar-refractivity contribution in [2.75, 3.05) is 18.2 Å². The van der Waals surface area contributed by atoms with Gasteiger partial charge in [0.25, 0.3) is 0 Å². The summed E-state index contributed by atoms with van der Waals surface area (Å²) >= 11 is 0. The Morgan fingerprint density at radius 3 is 2.57 bits per heavy atom. The highest BCUT2D eigenvalue weighted by atomic mass is 19.1. The van der Waals surface area contributed by atoms with Crippen LogP contribution >= 0.6 is 0 Å². The van der Waals surface area contributed by atoms with Gasteiger partial charge in [0.1, 0.15) is 17.3 Å². The number of nitrogens with one attached hydrogen (secondary N) is 1. The molecule has 0 amide bonds. The minimum Gasteiger partial charge on any atom is -0.497 e. The summed E-state index contributed by atoms with van der Waals surface area (Å²) in [7, 11) is 1.54. The van der Waals surface area contributed by atoms with E-state index in [1.165, 1.54) is 13.2 Å². The number of methoxy groups -OCH3 is 1. The van der Waals surface area contributed by atoms with E-state index in [9.17, 15) is 4.39 Å². The van der Waals surface area contributed by atoms with Crippen molar-refractivity contribution in [3.63, 3.8) is 0 Å². The molecule has 0 radical (unpaired) electrons. The lowest BCUT2D eigenvalue weighted by atomic mass is 10.2. The molecule has 5 heteroatoms. The average Bonchev–Trinajstić information content (AvgIpc) is 2.44. The second-order valence-electron chi connectivity index (χ2n) is 4.89. The van der Waals surface area contributed by atoms with Crippen molar-refractivity contribution in [2.45, 2.75) is 20.0 Å². The number of ether oxygens (including phenoxy) is 2. The lowest BCUT2D eigenvalue weighted by Gasteiger charge is -2.15. The summed E-state index contributed by atoms with van der Waals surface area (Å²) in [5.74, 6) is 0.783. The van der Waals surface area contributed by atoms with Crippen molar-refractivity contribution in [2.24, 2.45) is 0 Å². The van der Waals surface area contributed by atoms with Crippen molar-refractivity contribution >= 4 is 17.1 Å². The molecule has 0 aliphatic carbocycles. The zero-order valence-corrected chi connectivity index (χ0v) is 12.3. The fourth-order valence-corrected chi connectivity index (χ4v) is 1.85. The largest absolute Gasteiger partial charge is 0.497 e.